The summed E-state index contributed by atoms with van der Waals surface area (Å²) in [7, 11) is -5.72. The minimum absolute atomic E-state index is 0.0766. The van der Waals surface area contributed by atoms with E-state index in [-0.39, 0.29) is 6.61 Å². The molecular formula is C26H33N3O8S2. The van der Waals surface area contributed by atoms with E-state index in [4.69, 9.17) is 9.15 Å². The first-order chi connectivity index (χ1) is 18.1. The molecule has 0 saturated carbocycles. The molecule has 0 saturated heterocycles. The summed E-state index contributed by atoms with van der Waals surface area (Å²) in [6.07, 6.45) is 0.874. The molecule has 0 aliphatic rings. The molecule has 3 aromatic rings. The third-order valence-electron chi connectivity index (χ3n) is 6.24. The lowest BCUT2D eigenvalue weighted by Crippen LogP contribution is -2.55. The number of aromatic nitrogens is 1. The summed E-state index contributed by atoms with van der Waals surface area (Å²) in [4.78, 5) is 16.7. The van der Waals surface area contributed by atoms with Crippen molar-refractivity contribution in [1.29, 1.82) is 0 Å². The highest BCUT2D eigenvalue weighted by atomic mass is 32.2. The van der Waals surface area contributed by atoms with Gasteiger partial charge in [-0.15, -0.1) is 0 Å². The van der Waals surface area contributed by atoms with Crippen LogP contribution in [0.1, 0.15) is 29.5 Å². The molecule has 0 aliphatic heterocycles. The van der Waals surface area contributed by atoms with Gasteiger partial charge in [0.15, 0.2) is 9.84 Å². The number of oxazole rings is 1. The number of ether oxygens (including phenoxy) is 1. The van der Waals surface area contributed by atoms with Crippen LogP contribution in [0.15, 0.2) is 52.9 Å². The quantitative estimate of drug-likeness (QED) is 0.342. The third-order valence-corrected chi connectivity index (χ3v) is 9.72. The summed E-state index contributed by atoms with van der Waals surface area (Å²) in [5.74, 6) is -0.137. The summed E-state index contributed by atoms with van der Waals surface area (Å²) in [5, 5.41) is 8.36. The van der Waals surface area contributed by atoms with Crippen LogP contribution in [0.2, 0.25) is 0 Å². The van der Waals surface area contributed by atoms with Crippen LogP contribution >= 0.6 is 0 Å². The molecule has 212 valence electrons. The van der Waals surface area contributed by atoms with E-state index in [1.165, 1.54) is 21.0 Å². The van der Waals surface area contributed by atoms with Crippen molar-refractivity contribution in [3.8, 4) is 17.2 Å². The van der Waals surface area contributed by atoms with Crippen LogP contribution in [-0.2, 0) is 38.0 Å². The standard InChI is InChI=1S/C26H33N3O8S2/c1-17-10-12-21(13-11-17)25-27-23(18(2)37-25)16-36-22-9-7-8-20(14-22)15-29(39(34,35)28(4)5)24(26(30)31)19(3)38(6,32)33/h7-14,19,24H,15-16H2,1-6H3,(H,30,31)/t19-,24?/m0/s1. The number of benzene rings is 2. The molecule has 2 aromatic carbocycles. The van der Waals surface area contributed by atoms with Crippen molar-refractivity contribution >= 4 is 26.0 Å². The van der Waals surface area contributed by atoms with Gasteiger partial charge < -0.3 is 14.3 Å². The predicted molar refractivity (Wildman–Crippen MR) is 146 cm³/mol. The lowest BCUT2D eigenvalue weighted by Gasteiger charge is -2.33. The molecule has 0 amide bonds. The Morgan fingerprint density at radius 2 is 1.72 bits per heavy atom. The highest BCUT2D eigenvalue weighted by Gasteiger charge is 2.43. The lowest BCUT2D eigenvalue weighted by atomic mass is 10.1. The monoisotopic (exact) mass is 579 g/mol. The smallest absolute Gasteiger partial charge is 0.323 e. The molecule has 1 N–H and O–H groups in total. The van der Waals surface area contributed by atoms with Gasteiger partial charge in [0.25, 0.3) is 10.2 Å². The summed E-state index contributed by atoms with van der Waals surface area (Å²) in [6.45, 7) is 4.62. The van der Waals surface area contributed by atoms with Gasteiger partial charge in [0, 0.05) is 32.5 Å². The zero-order chi connectivity index (χ0) is 29.1. The average molecular weight is 580 g/mol. The van der Waals surface area contributed by atoms with Crippen LogP contribution in [0, 0.1) is 13.8 Å². The number of carbonyl (C=O) groups is 1. The molecule has 3 rings (SSSR count). The van der Waals surface area contributed by atoms with Gasteiger partial charge in [-0.25, -0.2) is 13.4 Å². The second-order valence-electron chi connectivity index (χ2n) is 9.48. The van der Waals surface area contributed by atoms with Gasteiger partial charge in [-0.3, -0.25) is 4.79 Å². The zero-order valence-corrected chi connectivity index (χ0v) is 24.3. The van der Waals surface area contributed by atoms with Crippen LogP contribution < -0.4 is 4.74 Å². The maximum Gasteiger partial charge on any atom is 0.323 e. The van der Waals surface area contributed by atoms with Crippen molar-refractivity contribution in [2.24, 2.45) is 0 Å². The molecular weight excluding hydrogens is 546 g/mol. The molecule has 1 heterocycles. The van der Waals surface area contributed by atoms with E-state index in [0.717, 1.165) is 21.7 Å². The van der Waals surface area contributed by atoms with Crippen molar-refractivity contribution in [3.05, 3.63) is 71.1 Å². The molecule has 2 atom stereocenters. The molecule has 1 aromatic heterocycles. The normalized spacial score (nSPS) is 13.9. The summed E-state index contributed by atoms with van der Waals surface area (Å²) in [5.41, 5.74) is 2.93. The van der Waals surface area contributed by atoms with E-state index in [1.54, 1.807) is 31.2 Å². The topological polar surface area (TPSA) is 147 Å². The number of carboxylic acid groups (broad SMARTS) is 1. The maximum absolute atomic E-state index is 13.1. The van der Waals surface area contributed by atoms with Crippen molar-refractivity contribution < 1.29 is 35.9 Å². The first-order valence-corrected chi connectivity index (χ1v) is 15.3. The van der Waals surface area contributed by atoms with Crippen LogP contribution in [0.5, 0.6) is 5.75 Å². The van der Waals surface area contributed by atoms with Crippen molar-refractivity contribution in [2.45, 2.75) is 45.2 Å². The average Bonchev–Trinajstić information content (AvgIpc) is 3.22. The van der Waals surface area contributed by atoms with Gasteiger partial charge in [0.2, 0.25) is 5.89 Å². The first kappa shape index (κ1) is 30.3. The number of aliphatic carboxylic acids is 1. The van der Waals surface area contributed by atoms with E-state index < -0.39 is 43.9 Å². The fourth-order valence-corrected chi connectivity index (χ4v) is 5.87. The predicted octanol–water partition coefficient (Wildman–Crippen LogP) is 3.03. The molecule has 39 heavy (non-hydrogen) atoms. The zero-order valence-electron chi connectivity index (χ0n) is 22.7. The van der Waals surface area contributed by atoms with Crippen LogP contribution in [0.4, 0.5) is 0 Å². The van der Waals surface area contributed by atoms with Gasteiger partial charge in [-0.1, -0.05) is 29.8 Å². The van der Waals surface area contributed by atoms with Gasteiger partial charge in [0.05, 0.1) is 5.25 Å². The van der Waals surface area contributed by atoms with Crippen LogP contribution in [0.3, 0.4) is 0 Å². The van der Waals surface area contributed by atoms with Gasteiger partial charge in [-0.05, 0) is 50.6 Å². The lowest BCUT2D eigenvalue weighted by molar-refractivity contribution is -0.141. The molecule has 0 radical (unpaired) electrons. The highest BCUT2D eigenvalue weighted by Crippen LogP contribution is 2.25. The maximum atomic E-state index is 13.1. The number of rotatable bonds is 12. The third kappa shape index (κ3) is 7.24. The number of carboxylic acids is 1. The molecule has 1 unspecified atom stereocenters. The Hall–Kier alpha value is -3.26. The Labute approximate surface area is 229 Å². The van der Waals surface area contributed by atoms with Crippen LogP contribution in [-0.4, -0.2) is 73.1 Å². The molecule has 0 spiro atoms. The van der Waals surface area contributed by atoms with Crippen molar-refractivity contribution in [3.63, 3.8) is 0 Å². The van der Waals surface area contributed by atoms with E-state index in [2.05, 4.69) is 4.98 Å². The minimum Gasteiger partial charge on any atom is -0.487 e. The Kier molecular flexibility index (Phi) is 9.21. The fraction of sp³-hybridized carbons (Fsp3) is 0.385. The van der Waals surface area contributed by atoms with E-state index in [0.29, 0.717) is 33.0 Å². The van der Waals surface area contributed by atoms with Crippen molar-refractivity contribution in [2.75, 3.05) is 20.4 Å². The summed E-state index contributed by atoms with van der Waals surface area (Å²) < 4.78 is 63.9. The van der Waals surface area contributed by atoms with Gasteiger partial charge in [0.1, 0.15) is 29.9 Å². The SMILES string of the molecule is Cc1ccc(-c2nc(COc3cccc(CN(C(C(=O)O)[C@H](C)S(C)(=O)=O)S(=O)(=O)N(C)C)c3)c(C)o2)cc1. The number of hydrogen-bond acceptors (Lipinski definition) is 8. The van der Waals surface area contributed by atoms with Gasteiger partial charge >= 0.3 is 5.97 Å². The van der Waals surface area contributed by atoms with E-state index in [1.807, 2.05) is 31.2 Å². The molecule has 0 fully saturated rings. The Morgan fingerprint density at radius 3 is 2.28 bits per heavy atom. The van der Waals surface area contributed by atoms with Gasteiger partial charge in [-0.2, -0.15) is 17.0 Å². The fourth-order valence-electron chi connectivity index (χ4n) is 3.77. The van der Waals surface area contributed by atoms with Crippen molar-refractivity contribution in [1.82, 2.24) is 13.6 Å². The number of sulfone groups is 1. The number of hydrogen-bond donors (Lipinski definition) is 1. The highest BCUT2D eigenvalue weighted by molar-refractivity contribution is 7.91. The summed E-state index contributed by atoms with van der Waals surface area (Å²) >= 11 is 0. The molecule has 0 aliphatic carbocycles. The van der Waals surface area contributed by atoms with E-state index >= 15 is 0 Å². The molecule has 11 nitrogen and oxygen atoms in total. The Balaban J connectivity index is 1.86. The minimum atomic E-state index is -4.33. The second-order valence-corrected chi connectivity index (χ2v) is 14.0. The Bertz CT molecular complexity index is 1530. The molecule has 13 heteroatoms. The largest absolute Gasteiger partial charge is 0.487 e. The van der Waals surface area contributed by atoms with E-state index in [9.17, 15) is 26.7 Å². The van der Waals surface area contributed by atoms with Crippen LogP contribution in [0.25, 0.3) is 11.5 Å². The summed E-state index contributed by atoms with van der Waals surface area (Å²) in [6, 6.07) is 12.4. The second kappa shape index (κ2) is 11.9. The number of nitrogens with zero attached hydrogens (tertiary/aromatic N) is 3. The molecule has 0 bridgehead atoms. The first-order valence-electron chi connectivity index (χ1n) is 12.0. The Morgan fingerprint density at radius 1 is 1.08 bits per heavy atom. The number of aryl methyl sites for hydroxylation is 2.